The lowest BCUT2D eigenvalue weighted by molar-refractivity contribution is -0.159. The van der Waals surface area contributed by atoms with Crippen LogP contribution in [0.25, 0.3) is 0 Å². The Hall–Kier alpha value is -3.23. The second-order valence-electron chi connectivity index (χ2n) is 7.51. The molecule has 2 atom stereocenters. The predicted molar refractivity (Wildman–Crippen MR) is 111 cm³/mol. The lowest BCUT2D eigenvalue weighted by atomic mass is 10.1. The minimum absolute atomic E-state index is 0.0197. The van der Waals surface area contributed by atoms with E-state index in [1.165, 1.54) is 0 Å². The van der Waals surface area contributed by atoms with E-state index in [2.05, 4.69) is 10.6 Å². The number of nitrogens with one attached hydrogen (secondary N) is 3. The molecule has 1 fully saturated rings. The first-order chi connectivity index (χ1) is 14.2. The first-order valence-electron chi connectivity index (χ1n) is 9.63. The van der Waals surface area contributed by atoms with E-state index in [0.717, 1.165) is 11.1 Å². The number of nitrogen functional groups attached to an aromatic ring is 1. The van der Waals surface area contributed by atoms with E-state index in [9.17, 15) is 9.59 Å². The number of ether oxygens (including phenoxy) is 2. The van der Waals surface area contributed by atoms with Crippen molar-refractivity contribution in [1.82, 2.24) is 10.6 Å². The van der Waals surface area contributed by atoms with Crippen LogP contribution >= 0.6 is 0 Å². The minimum Gasteiger partial charge on any atom is -0.384 e. The molecule has 30 heavy (non-hydrogen) atoms. The zero-order chi connectivity index (χ0) is 21.7. The number of benzene rings is 2. The molecule has 1 aliphatic heterocycles. The Labute approximate surface area is 175 Å². The molecular weight excluding hydrogens is 384 g/mol. The molecule has 8 heteroatoms. The van der Waals surface area contributed by atoms with E-state index >= 15 is 0 Å². The van der Waals surface area contributed by atoms with Crippen LogP contribution in [0.5, 0.6) is 0 Å². The average Bonchev–Trinajstić information content (AvgIpc) is 3.07. The first-order valence-corrected chi connectivity index (χ1v) is 9.63. The van der Waals surface area contributed by atoms with Gasteiger partial charge >= 0.3 is 0 Å². The number of carbonyl (C=O) groups excluding carboxylic acids is 2. The van der Waals surface area contributed by atoms with Gasteiger partial charge in [0.25, 0.3) is 11.8 Å². The molecule has 2 aromatic carbocycles. The molecule has 1 saturated heterocycles. The van der Waals surface area contributed by atoms with Gasteiger partial charge in [-0.2, -0.15) is 0 Å². The van der Waals surface area contributed by atoms with Crippen LogP contribution < -0.4 is 16.4 Å². The van der Waals surface area contributed by atoms with Gasteiger partial charge in [-0.1, -0.05) is 54.6 Å². The van der Waals surface area contributed by atoms with Crippen molar-refractivity contribution in [3.05, 3.63) is 71.3 Å². The molecule has 1 heterocycles. The lowest BCUT2D eigenvalue weighted by Crippen LogP contribution is -2.47. The van der Waals surface area contributed by atoms with Gasteiger partial charge < -0.3 is 25.8 Å². The molecule has 158 valence electrons. The van der Waals surface area contributed by atoms with Gasteiger partial charge in [0.05, 0.1) is 0 Å². The predicted octanol–water partition coefficient (Wildman–Crippen LogP) is 1.42. The quantitative estimate of drug-likeness (QED) is 0.406. The molecule has 0 radical (unpaired) electrons. The summed E-state index contributed by atoms with van der Waals surface area (Å²) in [5, 5.41) is 13.0. The zero-order valence-electron chi connectivity index (χ0n) is 17.0. The topological polar surface area (TPSA) is 127 Å². The van der Waals surface area contributed by atoms with Crippen LogP contribution in [0.1, 0.15) is 30.5 Å². The van der Waals surface area contributed by atoms with Crippen molar-refractivity contribution in [3.63, 3.8) is 0 Å². The Balaban J connectivity index is 1.60. The smallest absolute Gasteiger partial charge is 0.252 e. The van der Waals surface area contributed by atoms with Crippen LogP contribution in [0.3, 0.4) is 0 Å². The second kappa shape index (κ2) is 9.06. The summed E-state index contributed by atoms with van der Waals surface area (Å²) < 4.78 is 11.4. The van der Waals surface area contributed by atoms with Crippen molar-refractivity contribution >= 4 is 17.6 Å². The Kier molecular flexibility index (Phi) is 6.49. The number of amides is 2. The highest BCUT2D eigenvalue weighted by Gasteiger charge is 2.48. The maximum Gasteiger partial charge on any atom is 0.252 e. The second-order valence-corrected chi connectivity index (χ2v) is 7.51. The van der Waals surface area contributed by atoms with Gasteiger partial charge in [0, 0.05) is 18.7 Å². The molecule has 0 saturated carbocycles. The number of nitrogens with two attached hydrogens (primary N) is 1. The van der Waals surface area contributed by atoms with E-state index in [1.54, 1.807) is 38.1 Å². The van der Waals surface area contributed by atoms with Crippen LogP contribution in [-0.4, -0.2) is 35.6 Å². The molecule has 2 unspecified atom stereocenters. The van der Waals surface area contributed by atoms with Crippen molar-refractivity contribution in [2.24, 2.45) is 5.73 Å². The third-order valence-corrected chi connectivity index (χ3v) is 4.65. The van der Waals surface area contributed by atoms with Crippen LogP contribution in [-0.2, 0) is 32.2 Å². The summed E-state index contributed by atoms with van der Waals surface area (Å²) in [5.41, 5.74) is 7.82. The van der Waals surface area contributed by atoms with Crippen molar-refractivity contribution in [1.29, 1.82) is 5.41 Å². The molecule has 2 amide bonds. The van der Waals surface area contributed by atoms with Gasteiger partial charge in [0.1, 0.15) is 5.84 Å². The summed E-state index contributed by atoms with van der Waals surface area (Å²) >= 11 is 0. The molecule has 2 aromatic rings. The molecule has 8 nitrogen and oxygen atoms in total. The molecule has 3 rings (SSSR count). The third kappa shape index (κ3) is 5.43. The van der Waals surface area contributed by atoms with E-state index in [4.69, 9.17) is 20.6 Å². The van der Waals surface area contributed by atoms with E-state index in [-0.39, 0.29) is 12.4 Å². The van der Waals surface area contributed by atoms with Crippen LogP contribution in [0.15, 0.2) is 54.6 Å². The minimum atomic E-state index is -1.06. The van der Waals surface area contributed by atoms with Gasteiger partial charge in [0.15, 0.2) is 18.0 Å². The molecule has 0 aromatic heterocycles. The van der Waals surface area contributed by atoms with Crippen molar-refractivity contribution < 1.29 is 19.1 Å². The lowest BCUT2D eigenvalue weighted by Gasteiger charge is -2.16. The number of hydrogen-bond donors (Lipinski definition) is 4. The Morgan fingerprint density at radius 2 is 1.37 bits per heavy atom. The van der Waals surface area contributed by atoms with Crippen molar-refractivity contribution in [3.8, 4) is 0 Å². The van der Waals surface area contributed by atoms with Crippen LogP contribution in [0.4, 0.5) is 0 Å². The van der Waals surface area contributed by atoms with Gasteiger partial charge in [-0.3, -0.25) is 15.0 Å². The highest BCUT2D eigenvalue weighted by molar-refractivity contribution is 5.95. The SMILES string of the molecule is CC1(C)OC(C(=O)NCc2ccccc2)C(C(=O)NCc2ccc(C(=N)N)cc2)O1. The van der Waals surface area contributed by atoms with Gasteiger partial charge in [0.2, 0.25) is 0 Å². The highest BCUT2D eigenvalue weighted by Crippen LogP contribution is 2.28. The van der Waals surface area contributed by atoms with Gasteiger partial charge in [-0.25, -0.2) is 0 Å². The maximum atomic E-state index is 12.7. The van der Waals surface area contributed by atoms with Crippen molar-refractivity contribution in [2.75, 3.05) is 0 Å². The van der Waals surface area contributed by atoms with Crippen LogP contribution in [0.2, 0.25) is 0 Å². The number of amidine groups is 1. The van der Waals surface area contributed by atoms with E-state index in [0.29, 0.717) is 12.1 Å². The molecule has 1 aliphatic rings. The Morgan fingerprint density at radius 3 is 1.83 bits per heavy atom. The fourth-order valence-electron chi connectivity index (χ4n) is 3.12. The average molecular weight is 410 g/mol. The summed E-state index contributed by atoms with van der Waals surface area (Å²) in [4.78, 5) is 25.4. The Bertz CT molecular complexity index is 912. The monoisotopic (exact) mass is 410 g/mol. The summed E-state index contributed by atoms with van der Waals surface area (Å²) in [6, 6.07) is 16.4. The van der Waals surface area contributed by atoms with Gasteiger partial charge in [-0.15, -0.1) is 0 Å². The summed E-state index contributed by atoms with van der Waals surface area (Å²) in [5.74, 6) is -1.92. The van der Waals surface area contributed by atoms with Crippen LogP contribution in [0, 0.1) is 5.41 Å². The molecule has 0 spiro atoms. The van der Waals surface area contributed by atoms with Gasteiger partial charge in [-0.05, 0) is 25.0 Å². The first kappa shape index (κ1) is 21.5. The maximum absolute atomic E-state index is 12.7. The fourth-order valence-corrected chi connectivity index (χ4v) is 3.12. The summed E-state index contributed by atoms with van der Waals surface area (Å²) in [6.45, 7) is 3.91. The zero-order valence-corrected chi connectivity index (χ0v) is 17.0. The molecule has 0 bridgehead atoms. The molecule has 0 aliphatic carbocycles. The number of rotatable bonds is 7. The Morgan fingerprint density at radius 1 is 0.900 bits per heavy atom. The van der Waals surface area contributed by atoms with E-state index < -0.39 is 29.8 Å². The standard InChI is InChI=1S/C22H26N4O4/c1-22(2)29-17(20(27)25-12-14-6-4-3-5-7-14)18(30-22)21(28)26-13-15-8-10-16(11-9-15)19(23)24/h3-11,17-18H,12-13H2,1-2H3,(H3,23,24)(H,25,27)(H,26,28). The number of hydrogen-bond acceptors (Lipinski definition) is 5. The highest BCUT2D eigenvalue weighted by atomic mass is 16.8. The fraction of sp³-hybridized carbons (Fsp3) is 0.318. The largest absolute Gasteiger partial charge is 0.384 e. The third-order valence-electron chi connectivity index (χ3n) is 4.65. The molecular formula is C22H26N4O4. The summed E-state index contributed by atoms with van der Waals surface area (Å²) in [6.07, 6.45) is -2.11. The normalized spacial score (nSPS) is 19.8. The van der Waals surface area contributed by atoms with Crippen molar-refractivity contribution in [2.45, 2.75) is 44.9 Å². The summed E-state index contributed by atoms with van der Waals surface area (Å²) in [7, 11) is 0. The van der Waals surface area contributed by atoms with E-state index in [1.807, 2.05) is 30.3 Å². The number of carbonyl (C=O) groups is 2. The molecule has 5 N–H and O–H groups in total.